The zero-order chi connectivity index (χ0) is 27.1. The molecule has 0 unspecified atom stereocenters. The maximum absolute atomic E-state index is 14.1. The molecule has 38 heavy (non-hydrogen) atoms. The van der Waals surface area contributed by atoms with E-state index in [0.29, 0.717) is 40.7 Å². The summed E-state index contributed by atoms with van der Waals surface area (Å²) in [6, 6.07) is 20.8. The van der Waals surface area contributed by atoms with Gasteiger partial charge in [0.2, 0.25) is 11.8 Å². The van der Waals surface area contributed by atoms with Crippen molar-refractivity contribution in [3.8, 4) is 11.5 Å². The Balaban J connectivity index is 1.82. The lowest BCUT2D eigenvalue weighted by Gasteiger charge is -2.32. The number of rotatable bonds is 11. The number of amides is 2. The molecule has 0 bridgehead atoms. The van der Waals surface area contributed by atoms with Gasteiger partial charge in [-0.05, 0) is 54.3 Å². The Bertz CT molecular complexity index is 1400. The van der Waals surface area contributed by atoms with Gasteiger partial charge in [0.15, 0.2) is 0 Å². The fraction of sp³-hybridized carbons (Fsp3) is 0.310. The highest BCUT2D eigenvalue weighted by molar-refractivity contribution is 6.02. The molecule has 0 saturated heterocycles. The number of hydrogen-bond donors (Lipinski definition) is 1. The normalized spacial score (nSPS) is 11.8. The minimum Gasteiger partial charge on any atom is -0.497 e. The van der Waals surface area contributed by atoms with Gasteiger partial charge >= 0.3 is 0 Å². The van der Waals surface area contributed by atoms with E-state index in [2.05, 4.69) is 29.5 Å². The molecule has 1 atom stereocenters. The number of hydrogen-bond acceptors (Lipinski definition) is 6. The molecule has 9 heteroatoms. The first kappa shape index (κ1) is 26.7. The van der Waals surface area contributed by atoms with E-state index in [1.165, 1.54) is 12.0 Å². The second-order valence-electron chi connectivity index (χ2n) is 9.32. The minimum absolute atomic E-state index is 0.127. The summed E-state index contributed by atoms with van der Waals surface area (Å²) in [5.74, 6) is 0.807. The van der Waals surface area contributed by atoms with E-state index in [4.69, 9.17) is 9.47 Å². The van der Waals surface area contributed by atoms with E-state index in [1.807, 2.05) is 42.5 Å². The largest absolute Gasteiger partial charge is 0.497 e. The van der Waals surface area contributed by atoms with Crippen LogP contribution in [0.3, 0.4) is 0 Å². The molecule has 4 aromatic rings. The lowest BCUT2D eigenvalue weighted by Crippen LogP contribution is -2.45. The van der Waals surface area contributed by atoms with Crippen LogP contribution in [0, 0.1) is 5.92 Å². The van der Waals surface area contributed by atoms with Crippen LogP contribution in [0.4, 0.5) is 5.69 Å². The SMILES string of the molecule is COc1cccc([C@@H](C(=O)NCCC(C)C)N(C(=O)Cn2nnc3ccccc32)c2ccccc2OC)c1. The third-order valence-electron chi connectivity index (χ3n) is 6.26. The Morgan fingerprint density at radius 2 is 1.74 bits per heavy atom. The Morgan fingerprint density at radius 1 is 0.974 bits per heavy atom. The first-order valence-electron chi connectivity index (χ1n) is 12.6. The summed E-state index contributed by atoms with van der Waals surface area (Å²) in [6.07, 6.45) is 0.810. The number of nitrogens with zero attached hydrogens (tertiary/aromatic N) is 4. The van der Waals surface area contributed by atoms with Crippen molar-refractivity contribution in [2.45, 2.75) is 32.9 Å². The van der Waals surface area contributed by atoms with Gasteiger partial charge < -0.3 is 14.8 Å². The van der Waals surface area contributed by atoms with E-state index in [-0.39, 0.29) is 18.4 Å². The quantitative estimate of drug-likeness (QED) is 0.318. The van der Waals surface area contributed by atoms with Gasteiger partial charge in [0.25, 0.3) is 0 Å². The molecule has 1 aromatic heterocycles. The fourth-order valence-electron chi connectivity index (χ4n) is 4.29. The lowest BCUT2D eigenvalue weighted by atomic mass is 10.0. The summed E-state index contributed by atoms with van der Waals surface area (Å²) in [6.45, 7) is 4.55. The Hall–Kier alpha value is -4.40. The summed E-state index contributed by atoms with van der Waals surface area (Å²) in [5, 5.41) is 11.4. The number of anilines is 1. The summed E-state index contributed by atoms with van der Waals surface area (Å²) in [4.78, 5) is 29.5. The molecular formula is C29H33N5O4. The Labute approximate surface area is 222 Å². The van der Waals surface area contributed by atoms with Crippen molar-refractivity contribution in [2.24, 2.45) is 5.92 Å². The van der Waals surface area contributed by atoms with Gasteiger partial charge in [-0.25, -0.2) is 4.68 Å². The first-order valence-corrected chi connectivity index (χ1v) is 12.6. The first-order chi connectivity index (χ1) is 18.4. The van der Waals surface area contributed by atoms with Crippen LogP contribution >= 0.6 is 0 Å². The molecule has 0 spiro atoms. The van der Waals surface area contributed by atoms with Crippen molar-refractivity contribution in [1.29, 1.82) is 0 Å². The topological polar surface area (TPSA) is 98.6 Å². The number of carbonyl (C=O) groups excluding carboxylic acids is 2. The molecule has 2 amide bonds. The van der Waals surface area contributed by atoms with E-state index < -0.39 is 6.04 Å². The van der Waals surface area contributed by atoms with Gasteiger partial charge in [0.05, 0.1) is 25.4 Å². The summed E-state index contributed by atoms with van der Waals surface area (Å²) in [7, 11) is 3.10. The number of aromatic nitrogens is 3. The van der Waals surface area contributed by atoms with E-state index in [9.17, 15) is 9.59 Å². The van der Waals surface area contributed by atoms with Gasteiger partial charge in [0, 0.05) is 6.54 Å². The molecule has 198 valence electrons. The maximum Gasteiger partial charge on any atom is 0.249 e. The van der Waals surface area contributed by atoms with Crippen molar-refractivity contribution in [1.82, 2.24) is 20.3 Å². The van der Waals surface area contributed by atoms with Crippen LogP contribution < -0.4 is 19.7 Å². The second kappa shape index (κ2) is 12.2. The standard InChI is InChI=1S/C29H33N5O4/c1-20(2)16-17-30-29(36)28(21-10-9-11-22(18-21)37-3)34(25-14-7-8-15-26(25)38-4)27(35)19-33-24-13-6-5-12-23(24)31-32-33/h5-15,18,20,28H,16-17,19H2,1-4H3,(H,30,36)/t28-/m0/s1. The van der Waals surface area contributed by atoms with Crippen molar-refractivity contribution < 1.29 is 19.1 Å². The number of para-hydroxylation sites is 3. The minimum atomic E-state index is -0.990. The average Bonchev–Trinajstić information content (AvgIpc) is 3.33. The van der Waals surface area contributed by atoms with Gasteiger partial charge in [-0.1, -0.05) is 55.5 Å². The predicted octanol–water partition coefficient (Wildman–Crippen LogP) is 4.39. The van der Waals surface area contributed by atoms with E-state index in [0.717, 1.165) is 11.9 Å². The highest BCUT2D eigenvalue weighted by Gasteiger charge is 2.35. The molecule has 0 aliphatic heterocycles. The number of nitrogens with one attached hydrogen (secondary N) is 1. The second-order valence-corrected chi connectivity index (χ2v) is 9.32. The molecule has 3 aromatic carbocycles. The molecule has 1 heterocycles. The third kappa shape index (κ3) is 5.94. The van der Waals surface area contributed by atoms with Crippen LogP contribution in [-0.4, -0.2) is 47.6 Å². The molecule has 0 fully saturated rings. The summed E-state index contributed by atoms with van der Waals surface area (Å²) in [5.41, 5.74) is 2.48. The van der Waals surface area contributed by atoms with Crippen molar-refractivity contribution in [3.05, 3.63) is 78.4 Å². The molecule has 9 nitrogen and oxygen atoms in total. The lowest BCUT2D eigenvalue weighted by molar-refractivity contribution is -0.127. The number of fused-ring (bicyclic) bond motifs is 1. The highest BCUT2D eigenvalue weighted by atomic mass is 16.5. The number of benzene rings is 3. The molecule has 1 N–H and O–H groups in total. The highest BCUT2D eigenvalue weighted by Crippen LogP contribution is 2.36. The molecule has 0 aliphatic carbocycles. The molecular weight excluding hydrogens is 482 g/mol. The van der Waals surface area contributed by atoms with Gasteiger partial charge in [-0.2, -0.15) is 0 Å². The van der Waals surface area contributed by atoms with Gasteiger partial charge in [-0.3, -0.25) is 14.5 Å². The average molecular weight is 516 g/mol. The van der Waals surface area contributed by atoms with Crippen molar-refractivity contribution in [2.75, 3.05) is 25.7 Å². The zero-order valence-electron chi connectivity index (χ0n) is 22.1. The number of ether oxygens (including phenoxy) is 2. The monoisotopic (exact) mass is 515 g/mol. The van der Waals surface area contributed by atoms with Gasteiger partial charge in [0.1, 0.15) is 29.6 Å². The van der Waals surface area contributed by atoms with E-state index in [1.54, 1.807) is 42.1 Å². The van der Waals surface area contributed by atoms with Crippen LogP contribution in [-0.2, 0) is 16.1 Å². The van der Waals surface area contributed by atoms with Crippen LogP contribution in [0.2, 0.25) is 0 Å². The van der Waals surface area contributed by atoms with Crippen LogP contribution in [0.1, 0.15) is 31.9 Å². The number of carbonyl (C=O) groups is 2. The molecule has 0 radical (unpaired) electrons. The van der Waals surface area contributed by atoms with Crippen LogP contribution in [0.25, 0.3) is 11.0 Å². The zero-order valence-corrected chi connectivity index (χ0v) is 22.1. The smallest absolute Gasteiger partial charge is 0.249 e. The fourth-order valence-corrected chi connectivity index (χ4v) is 4.29. The Morgan fingerprint density at radius 3 is 2.50 bits per heavy atom. The third-order valence-corrected chi connectivity index (χ3v) is 6.26. The predicted molar refractivity (Wildman–Crippen MR) is 146 cm³/mol. The van der Waals surface area contributed by atoms with E-state index >= 15 is 0 Å². The summed E-state index contributed by atoms with van der Waals surface area (Å²) < 4.78 is 12.6. The maximum atomic E-state index is 14.1. The van der Waals surface area contributed by atoms with Crippen LogP contribution in [0.15, 0.2) is 72.8 Å². The number of methoxy groups -OCH3 is 2. The van der Waals surface area contributed by atoms with Crippen molar-refractivity contribution >= 4 is 28.5 Å². The van der Waals surface area contributed by atoms with Gasteiger partial charge in [-0.15, -0.1) is 5.10 Å². The molecule has 4 rings (SSSR count). The molecule has 0 aliphatic rings. The summed E-state index contributed by atoms with van der Waals surface area (Å²) >= 11 is 0. The van der Waals surface area contributed by atoms with Crippen LogP contribution in [0.5, 0.6) is 11.5 Å². The molecule has 0 saturated carbocycles. The Kier molecular flexibility index (Phi) is 8.58. The van der Waals surface area contributed by atoms with Crippen molar-refractivity contribution in [3.63, 3.8) is 0 Å².